The molecule has 0 saturated carbocycles. The first-order valence-corrected chi connectivity index (χ1v) is 10.1. The molecule has 30 heavy (non-hydrogen) atoms. The van der Waals surface area contributed by atoms with Gasteiger partial charge < -0.3 is 9.73 Å². The number of carbonyl (C=O) groups is 1. The minimum Gasteiger partial charge on any atom is -0.456 e. The molecule has 0 unspecified atom stereocenters. The lowest BCUT2D eigenvalue weighted by atomic mass is 9.99. The van der Waals surface area contributed by atoms with E-state index in [0.717, 1.165) is 46.0 Å². The van der Waals surface area contributed by atoms with Gasteiger partial charge >= 0.3 is 0 Å². The molecule has 0 atom stereocenters. The number of carbonyl (C=O) groups excluding carboxylic acids is 1. The highest BCUT2D eigenvalue weighted by Crippen LogP contribution is 2.30. The van der Waals surface area contributed by atoms with Gasteiger partial charge in [0, 0.05) is 28.1 Å². The smallest absolute Gasteiger partial charge is 0.255 e. The third kappa shape index (κ3) is 3.58. The van der Waals surface area contributed by atoms with E-state index in [1.54, 1.807) is 0 Å². The number of fused-ring (bicyclic) bond motifs is 3. The van der Waals surface area contributed by atoms with E-state index in [9.17, 15) is 4.79 Å². The molecule has 0 aliphatic rings. The Morgan fingerprint density at radius 1 is 0.700 bits per heavy atom. The van der Waals surface area contributed by atoms with E-state index in [-0.39, 0.29) is 5.91 Å². The monoisotopic (exact) mass is 391 g/mol. The van der Waals surface area contributed by atoms with Crippen molar-refractivity contribution in [3.05, 3.63) is 114 Å². The number of benzene rings is 4. The van der Waals surface area contributed by atoms with Gasteiger partial charge in [-0.05, 0) is 48.2 Å². The second-order valence-corrected chi connectivity index (χ2v) is 7.41. The van der Waals surface area contributed by atoms with Crippen LogP contribution in [0.15, 0.2) is 101 Å². The van der Waals surface area contributed by atoms with Crippen molar-refractivity contribution in [2.24, 2.45) is 0 Å². The summed E-state index contributed by atoms with van der Waals surface area (Å²) in [6.45, 7) is 0. The molecule has 0 bridgehead atoms. The maximum atomic E-state index is 13.0. The summed E-state index contributed by atoms with van der Waals surface area (Å²) in [5, 5.41) is 5.16. The number of para-hydroxylation sites is 1. The summed E-state index contributed by atoms with van der Waals surface area (Å²) in [5.41, 5.74) is 5.36. The first-order chi connectivity index (χ1) is 14.8. The first-order valence-electron chi connectivity index (χ1n) is 10.1. The number of hydrogen-bond acceptors (Lipinski definition) is 2. The predicted octanol–water partition coefficient (Wildman–Crippen LogP) is 6.62. The topological polar surface area (TPSA) is 42.2 Å². The fourth-order valence-electron chi connectivity index (χ4n) is 3.89. The van der Waals surface area contributed by atoms with Crippen molar-refractivity contribution >= 4 is 33.5 Å². The molecular formula is C27H21NO2. The molecule has 1 aromatic heterocycles. The fraction of sp³-hybridized carbons (Fsp3) is 0.0741. The van der Waals surface area contributed by atoms with E-state index < -0.39 is 0 Å². The Hall–Kier alpha value is -3.85. The molecule has 0 saturated heterocycles. The minimum atomic E-state index is -0.103. The molecular weight excluding hydrogens is 370 g/mol. The molecule has 1 heterocycles. The standard InChI is InChI=1S/C27H21NO2/c29-27(22-11-5-4-10-20(22)15-14-19-8-2-1-3-9-19)28-21-16-17-24-23-12-6-7-13-25(23)30-26(24)18-21/h1-13,16-18H,14-15H2,(H,28,29). The van der Waals surface area contributed by atoms with Crippen LogP contribution >= 0.6 is 0 Å². The van der Waals surface area contributed by atoms with E-state index in [2.05, 4.69) is 17.4 Å². The van der Waals surface area contributed by atoms with Gasteiger partial charge in [0.25, 0.3) is 5.91 Å². The van der Waals surface area contributed by atoms with E-state index in [1.165, 1.54) is 5.56 Å². The summed E-state index contributed by atoms with van der Waals surface area (Å²) < 4.78 is 5.94. The Morgan fingerprint density at radius 2 is 1.43 bits per heavy atom. The Kier molecular flexibility index (Phi) is 4.78. The maximum Gasteiger partial charge on any atom is 0.255 e. The molecule has 5 rings (SSSR count). The van der Waals surface area contributed by atoms with Crippen LogP contribution in [0.25, 0.3) is 21.9 Å². The van der Waals surface area contributed by atoms with Crippen LogP contribution in [0, 0.1) is 0 Å². The number of hydrogen-bond donors (Lipinski definition) is 1. The highest BCUT2D eigenvalue weighted by Gasteiger charge is 2.13. The highest BCUT2D eigenvalue weighted by molar-refractivity contribution is 6.09. The zero-order valence-corrected chi connectivity index (χ0v) is 16.5. The molecule has 0 radical (unpaired) electrons. The Morgan fingerprint density at radius 3 is 2.33 bits per heavy atom. The van der Waals surface area contributed by atoms with Crippen molar-refractivity contribution in [1.29, 1.82) is 0 Å². The first kappa shape index (κ1) is 18.2. The minimum absolute atomic E-state index is 0.103. The molecule has 0 fully saturated rings. The van der Waals surface area contributed by atoms with Gasteiger partial charge in [-0.15, -0.1) is 0 Å². The van der Waals surface area contributed by atoms with E-state index in [1.807, 2.05) is 84.9 Å². The molecule has 146 valence electrons. The van der Waals surface area contributed by atoms with Crippen molar-refractivity contribution in [2.75, 3.05) is 5.32 Å². The van der Waals surface area contributed by atoms with Gasteiger partial charge in [0.15, 0.2) is 0 Å². The quantitative estimate of drug-likeness (QED) is 0.366. The average molecular weight is 391 g/mol. The van der Waals surface area contributed by atoms with Crippen molar-refractivity contribution in [1.82, 2.24) is 0 Å². The van der Waals surface area contributed by atoms with Crippen LogP contribution in [0.1, 0.15) is 21.5 Å². The second-order valence-electron chi connectivity index (χ2n) is 7.41. The SMILES string of the molecule is O=C(Nc1ccc2c(c1)oc1ccccc12)c1ccccc1CCc1ccccc1. The lowest BCUT2D eigenvalue weighted by molar-refractivity contribution is 0.102. The molecule has 5 aromatic rings. The third-order valence-corrected chi connectivity index (χ3v) is 5.42. The Balaban J connectivity index is 1.38. The van der Waals surface area contributed by atoms with E-state index in [0.29, 0.717) is 5.56 Å². The summed E-state index contributed by atoms with van der Waals surface area (Å²) in [4.78, 5) is 13.0. The summed E-state index contributed by atoms with van der Waals surface area (Å²) in [7, 11) is 0. The number of nitrogens with one attached hydrogen (secondary N) is 1. The second kappa shape index (κ2) is 7.88. The van der Waals surface area contributed by atoms with Crippen LogP contribution in [0.5, 0.6) is 0 Å². The van der Waals surface area contributed by atoms with Gasteiger partial charge in [-0.1, -0.05) is 66.7 Å². The summed E-state index contributed by atoms with van der Waals surface area (Å²) >= 11 is 0. The molecule has 1 N–H and O–H groups in total. The van der Waals surface area contributed by atoms with Crippen LogP contribution in [-0.2, 0) is 12.8 Å². The summed E-state index contributed by atoms with van der Waals surface area (Å²) in [5.74, 6) is -0.103. The fourth-order valence-corrected chi connectivity index (χ4v) is 3.89. The van der Waals surface area contributed by atoms with Gasteiger partial charge in [0.2, 0.25) is 0 Å². The van der Waals surface area contributed by atoms with Crippen molar-refractivity contribution in [2.45, 2.75) is 12.8 Å². The molecule has 1 amide bonds. The third-order valence-electron chi connectivity index (χ3n) is 5.42. The molecule has 0 aliphatic carbocycles. The van der Waals surface area contributed by atoms with Gasteiger partial charge in [0.1, 0.15) is 11.2 Å². The number of furan rings is 1. The molecule has 0 spiro atoms. The number of anilines is 1. The zero-order chi connectivity index (χ0) is 20.3. The molecule has 0 aliphatic heterocycles. The van der Waals surface area contributed by atoms with Gasteiger partial charge in [-0.3, -0.25) is 4.79 Å². The summed E-state index contributed by atoms with van der Waals surface area (Å²) in [6, 6.07) is 31.9. The van der Waals surface area contributed by atoms with Crippen LogP contribution in [-0.4, -0.2) is 5.91 Å². The van der Waals surface area contributed by atoms with Gasteiger partial charge in [-0.25, -0.2) is 0 Å². The van der Waals surface area contributed by atoms with E-state index >= 15 is 0 Å². The predicted molar refractivity (Wildman–Crippen MR) is 122 cm³/mol. The number of amides is 1. The summed E-state index contributed by atoms with van der Waals surface area (Å²) in [6.07, 6.45) is 1.71. The van der Waals surface area contributed by atoms with Crippen LogP contribution in [0.4, 0.5) is 5.69 Å². The maximum absolute atomic E-state index is 13.0. The van der Waals surface area contributed by atoms with Crippen molar-refractivity contribution in [3.8, 4) is 0 Å². The van der Waals surface area contributed by atoms with Gasteiger partial charge in [-0.2, -0.15) is 0 Å². The lowest BCUT2D eigenvalue weighted by Crippen LogP contribution is -2.14. The molecule has 3 heteroatoms. The van der Waals surface area contributed by atoms with E-state index in [4.69, 9.17) is 4.42 Å². The van der Waals surface area contributed by atoms with Crippen molar-refractivity contribution < 1.29 is 9.21 Å². The average Bonchev–Trinajstić information content (AvgIpc) is 3.16. The van der Waals surface area contributed by atoms with Crippen LogP contribution in [0.2, 0.25) is 0 Å². The van der Waals surface area contributed by atoms with Crippen LogP contribution in [0.3, 0.4) is 0 Å². The molecule has 4 aromatic carbocycles. The number of aryl methyl sites for hydroxylation is 2. The Bertz CT molecular complexity index is 1340. The normalized spacial score (nSPS) is 11.1. The van der Waals surface area contributed by atoms with Crippen molar-refractivity contribution in [3.63, 3.8) is 0 Å². The number of rotatable bonds is 5. The lowest BCUT2D eigenvalue weighted by Gasteiger charge is -2.10. The Labute approximate surface area is 175 Å². The molecule has 3 nitrogen and oxygen atoms in total. The van der Waals surface area contributed by atoms with Crippen LogP contribution < -0.4 is 5.32 Å². The zero-order valence-electron chi connectivity index (χ0n) is 16.5. The highest BCUT2D eigenvalue weighted by atomic mass is 16.3. The largest absolute Gasteiger partial charge is 0.456 e. The van der Waals surface area contributed by atoms with Gasteiger partial charge in [0.05, 0.1) is 0 Å².